The Morgan fingerprint density at radius 2 is 1.57 bits per heavy atom. The third kappa shape index (κ3) is 8.61. The van der Waals surface area contributed by atoms with Crippen LogP contribution < -0.4 is 0 Å². The molecular formula is C19H24O4. The Hall–Kier alpha value is -2.36. The molecule has 1 aliphatic heterocycles. The lowest BCUT2D eigenvalue weighted by molar-refractivity contribution is -0.145. The van der Waals surface area contributed by atoms with Gasteiger partial charge in [0.2, 0.25) is 0 Å². The fourth-order valence-corrected chi connectivity index (χ4v) is 1.86. The van der Waals surface area contributed by atoms with E-state index in [1.54, 1.807) is 0 Å². The molecule has 124 valence electrons. The summed E-state index contributed by atoms with van der Waals surface area (Å²) in [5.74, 6) is -1.34. The number of hydrogen-bond acceptors (Lipinski definition) is 4. The van der Waals surface area contributed by atoms with Crippen molar-refractivity contribution < 1.29 is 19.1 Å². The first-order chi connectivity index (χ1) is 10.9. The van der Waals surface area contributed by atoms with Crippen molar-refractivity contribution in [2.45, 2.75) is 47.0 Å². The van der Waals surface area contributed by atoms with E-state index in [9.17, 15) is 9.59 Å². The summed E-state index contributed by atoms with van der Waals surface area (Å²) in [4.78, 5) is 22.5. The van der Waals surface area contributed by atoms with E-state index in [4.69, 9.17) is 9.47 Å². The maximum Gasteiger partial charge on any atom is 0.338 e. The maximum absolute atomic E-state index is 11.3. The number of carbonyl (C=O) groups excluding carboxylic acids is 2. The molecule has 23 heavy (non-hydrogen) atoms. The summed E-state index contributed by atoms with van der Waals surface area (Å²) in [5, 5.41) is 0. The molecule has 0 spiro atoms. The predicted molar refractivity (Wildman–Crippen MR) is 90.2 cm³/mol. The van der Waals surface area contributed by atoms with Gasteiger partial charge in [-0.2, -0.15) is 0 Å². The number of ether oxygens (including phenoxy) is 2. The van der Waals surface area contributed by atoms with Gasteiger partial charge in [-0.1, -0.05) is 29.4 Å². The molecule has 0 saturated heterocycles. The summed E-state index contributed by atoms with van der Waals surface area (Å²) in [6.45, 7) is 8.17. The lowest BCUT2D eigenvalue weighted by Gasteiger charge is -2.03. The molecular weight excluding hydrogens is 292 g/mol. The second-order valence-corrected chi connectivity index (χ2v) is 5.69. The number of esters is 2. The highest BCUT2D eigenvalue weighted by molar-refractivity contribution is 5.93. The Morgan fingerprint density at radius 1 is 0.957 bits per heavy atom. The van der Waals surface area contributed by atoms with E-state index >= 15 is 0 Å². The zero-order valence-corrected chi connectivity index (χ0v) is 14.2. The van der Waals surface area contributed by atoms with Gasteiger partial charge in [-0.15, -0.1) is 0 Å². The number of allylic oxidation sites excluding steroid dienone is 7. The monoisotopic (exact) mass is 316 g/mol. The van der Waals surface area contributed by atoms with E-state index in [2.05, 4.69) is 32.9 Å². The first-order valence-electron chi connectivity index (χ1n) is 7.66. The summed E-state index contributed by atoms with van der Waals surface area (Å²) in [7, 11) is 0. The van der Waals surface area contributed by atoms with Crippen LogP contribution in [0.5, 0.6) is 0 Å². The molecule has 0 atom stereocenters. The third-order valence-corrected chi connectivity index (χ3v) is 3.10. The zero-order valence-electron chi connectivity index (χ0n) is 14.2. The number of rotatable bonds is 6. The Kier molecular flexibility index (Phi) is 7.81. The van der Waals surface area contributed by atoms with Crippen LogP contribution in [0.2, 0.25) is 0 Å². The van der Waals surface area contributed by atoms with Crippen molar-refractivity contribution >= 4 is 11.9 Å². The summed E-state index contributed by atoms with van der Waals surface area (Å²) in [5.41, 5.74) is 3.52. The SMILES string of the molecule is CC(C)=CCC/C(C)=C/C/C=C(\C)C=C1OC(=O)C=CC(=O)O1. The highest BCUT2D eigenvalue weighted by atomic mass is 16.7. The van der Waals surface area contributed by atoms with Gasteiger partial charge < -0.3 is 9.47 Å². The van der Waals surface area contributed by atoms with Gasteiger partial charge in [-0.3, -0.25) is 0 Å². The number of carbonyl (C=O) groups is 2. The quantitative estimate of drug-likeness (QED) is 0.534. The molecule has 0 aromatic rings. The predicted octanol–water partition coefficient (Wildman–Crippen LogP) is 4.51. The molecule has 0 saturated carbocycles. The molecule has 0 N–H and O–H groups in total. The van der Waals surface area contributed by atoms with Gasteiger partial charge in [0, 0.05) is 18.2 Å². The molecule has 0 aromatic carbocycles. The molecule has 0 aliphatic carbocycles. The van der Waals surface area contributed by atoms with E-state index in [1.165, 1.54) is 17.2 Å². The summed E-state index contributed by atoms with van der Waals surface area (Å²) < 4.78 is 9.77. The first kappa shape index (κ1) is 18.7. The van der Waals surface area contributed by atoms with Crippen molar-refractivity contribution in [2.24, 2.45) is 0 Å². The van der Waals surface area contributed by atoms with E-state index in [-0.39, 0.29) is 5.95 Å². The molecule has 0 fully saturated rings. The van der Waals surface area contributed by atoms with Gasteiger partial charge in [0.05, 0.1) is 0 Å². The van der Waals surface area contributed by atoms with Gasteiger partial charge in [0.15, 0.2) is 0 Å². The average molecular weight is 316 g/mol. The Bertz CT molecular complexity index is 575. The fourth-order valence-electron chi connectivity index (χ4n) is 1.86. The molecule has 0 aromatic heterocycles. The van der Waals surface area contributed by atoms with Crippen LogP contribution in [0.4, 0.5) is 0 Å². The van der Waals surface area contributed by atoms with Crippen molar-refractivity contribution in [1.29, 1.82) is 0 Å². The van der Waals surface area contributed by atoms with Crippen LogP contribution in [-0.2, 0) is 19.1 Å². The smallest absolute Gasteiger partial charge is 0.338 e. The Morgan fingerprint density at radius 3 is 2.13 bits per heavy atom. The molecule has 0 bridgehead atoms. The van der Waals surface area contributed by atoms with Crippen LogP contribution in [-0.4, -0.2) is 11.9 Å². The Labute approximate surface area is 137 Å². The van der Waals surface area contributed by atoms with Gasteiger partial charge in [0.1, 0.15) is 0 Å². The molecule has 1 heterocycles. The topological polar surface area (TPSA) is 52.6 Å². The second kappa shape index (κ2) is 9.62. The fraction of sp³-hybridized carbons (Fsp3) is 0.368. The lowest BCUT2D eigenvalue weighted by Crippen LogP contribution is -2.03. The standard InChI is InChI=1S/C19H24O4/c1-14(2)7-5-8-15(3)9-6-10-16(4)13-19-22-17(20)11-12-18(21)23-19/h7,9-13H,5-6,8H2,1-4H3/b15-9+,16-10+. The third-order valence-electron chi connectivity index (χ3n) is 3.10. The van der Waals surface area contributed by atoms with Crippen molar-refractivity contribution in [1.82, 2.24) is 0 Å². The molecule has 1 rings (SSSR count). The van der Waals surface area contributed by atoms with Gasteiger partial charge >= 0.3 is 11.9 Å². The highest BCUT2D eigenvalue weighted by Crippen LogP contribution is 2.12. The first-order valence-corrected chi connectivity index (χ1v) is 7.66. The Balaban J connectivity index is 2.56. The van der Waals surface area contributed by atoms with E-state index in [1.807, 2.05) is 13.0 Å². The van der Waals surface area contributed by atoms with Crippen LogP contribution in [0.15, 0.2) is 59.1 Å². The molecule has 0 unspecified atom stereocenters. The number of hydrogen-bond donors (Lipinski definition) is 0. The van der Waals surface area contributed by atoms with Gasteiger partial charge in [0.25, 0.3) is 5.95 Å². The van der Waals surface area contributed by atoms with E-state index < -0.39 is 11.9 Å². The minimum absolute atomic E-state index is 0.0944. The molecule has 4 nitrogen and oxygen atoms in total. The second-order valence-electron chi connectivity index (χ2n) is 5.69. The molecule has 1 aliphatic rings. The van der Waals surface area contributed by atoms with E-state index in [0.29, 0.717) is 0 Å². The highest BCUT2D eigenvalue weighted by Gasteiger charge is 2.14. The number of cyclic esters (lactones) is 2. The molecule has 0 amide bonds. The zero-order chi connectivity index (χ0) is 17.2. The summed E-state index contributed by atoms with van der Waals surface area (Å²) in [6.07, 6.45) is 12.9. The van der Waals surface area contributed by atoms with Crippen LogP contribution in [0, 0.1) is 0 Å². The average Bonchev–Trinajstić information content (AvgIpc) is 2.59. The van der Waals surface area contributed by atoms with Crippen molar-refractivity contribution in [3.05, 3.63) is 59.1 Å². The molecule has 0 radical (unpaired) electrons. The normalized spacial score (nSPS) is 15.7. The maximum atomic E-state index is 11.3. The summed E-state index contributed by atoms with van der Waals surface area (Å²) in [6, 6.07) is 0. The lowest BCUT2D eigenvalue weighted by atomic mass is 10.1. The van der Waals surface area contributed by atoms with Crippen LogP contribution >= 0.6 is 0 Å². The van der Waals surface area contributed by atoms with Gasteiger partial charge in [-0.05, 0) is 52.5 Å². The van der Waals surface area contributed by atoms with E-state index in [0.717, 1.165) is 37.0 Å². The van der Waals surface area contributed by atoms with Crippen LogP contribution in [0.3, 0.4) is 0 Å². The summed E-state index contributed by atoms with van der Waals surface area (Å²) >= 11 is 0. The van der Waals surface area contributed by atoms with Gasteiger partial charge in [-0.25, -0.2) is 9.59 Å². The van der Waals surface area contributed by atoms with Crippen molar-refractivity contribution in [3.63, 3.8) is 0 Å². The van der Waals surface area contributed by atoms with Crippen molar-refractivity contribution in [2.75, 3.05) is 0 Å². The minimum Gasteiger partial charge on any atom is -0.389 e. The molecule has 4 heteroatoms. The van der Waals surface area contributed by atoms with Crippen LogP contribution in [0.25, 0.3) is 0 Å². The largest absolute Gasteiger partial charge is 0.389 e. The van der Waals surface area contributed by atoms with Crippen LogP contribution in [0.1, 0.15) is 47.0 Å². The minimum atomic E-state index is -0.620. The van der Waals surface area contributed by atoms with Crippen molar-refractivity contribution in [3.8, 4) is 0 Å².